The van der Waals surface area contributed by atoms with Gasteiger partial charge in [0.25, 0.3) is 0 Å². The molecule has 0 spiro atoms. The maximum atomic E-state index is 3.55. The molecule has 1 aromatic carbocycles. The van der Waals surface area contributed by atoms with E-state index in [4.69, 9.17) is 0 Å². The number of benzene rings is 1. The predicted octanol–water partition coefficient (Wildman–Crippen LogP) is 3.74. The SMILES string of the molecule is Cc1cc(CNCC2CCCS2)ccc1Br. The van der Waals surface area contributed by atoms with Crippen molar-refractivity contribution in [2.24, 2.45) is 0 Å². The minimum Gasteiger partial charge on any atom is -0.312 e. The molecule has 2 rings (SSSR count). The Labute approximate surface area is 111 Å². The highest BCUT2D eigenvalue weighted by Crippen LogP contribution is 2.25. The van der Waals surface area contributed by atoms with E-state index in [9.17, 15) is 0 Å². The third-order valence-electron chi connectivity index (χ3n) is 2.95. The van der Waals surface area contributed by atoms with Crippen molar-refractivity contribution in [3.63, 3.8) is 0 Å². The third-order valence-corrected chi connectivity index (χ3v) is 5.24. The zero-order valence-corrected chi connectivity index (χ0v) is 12.0. The highest BCUT2D eigenvalue weighted by atomic mass is 79.9. The van der Waals surface area contributed by atoms with Gasteiger partial charge in [-0.15, -0.1) is 0 Å². The van der Waals surface area contributed by atoms with E-state index in [-0.39, 0.29) is 0 Å². The molecule has 0 saturated carbocycles. The summed E-state index contributed by atoms with van der Waals surface area (Å²) in [5, 5.41) is 4.40. The number of hydrogen-bond acceptors (Lipinski definition) is 2. The molecule has 1 atom stereocenters. The fraction of sp³-hybridized carbons (Fsp3) is 0.538. The summed E-state index contributed by atoms with van der Waals surface area (Å²) in [6.45, 7) is 4.28. The van der Waals surface area contributed by atoms with Gasteiger partial charge < -0.3 is 5.32 Å². The smallest absolute Gasteiger partial charge is 0.0206 e. The predicted molar refractivity (Wildman–Crippen MR) is 76.1 cm³/mol. The summed E-state index contributed by atoms with van der Waals surface area (Å²) in [5.41, 5.74) is 2.69. The molecule has 0 aliphatic carbocycles. The lowest BCUT2D eigenvalue weighted by molar-refractivity contribution is 0.645. The summed E-state index contributed by atoms with van der Waals surface area (Å²) in [5.74, 6) is 1.35. The Morgan fingerprint density at radius 1 is 1.50 bits per heavy atom. The average Bonchev–Trinajstić information content (AvgIpc) is 2.76. The lowest BCUT2D eigenvalue weighted by atomic mass is 10.1. The number of hydrogen-bond donors (Lipinski definition) is 1. The van der Waals surface area contributed by atoms with E-state index in [1.54, 1.807) is 0 Å². The summed E-state index contributed by atoms with van der Waals surface area (Å²) in [6, 6.07) is 6.57. The van der Waals surface area contributed by atoms with E-state index in [0.29, 0.717) is 0 Å². The summed E-state index contributed by atoms with van der Waals surface area (Å²) >= 11 is 5.64. The highest BCUT2D eigenvalue weighted by molar-refractivity contribution is 9.10. The van der Waals surface area contributed by atoms with Crippen molar-refractivity contribution in [2.45, 2.75) is 31.6 Å². The highest BCUT2D eigenvalue weighted by Gasteiger charge is 2.14. The molecule has 0 amide bonds. The first kappa shape index (κ1) is 12.5. The van der Waals surface area contributed by atoms with Gasteiger partial charge in [-0.2, -0.15) is 11.8 Å². The van der Waals surface area contributed by atoms with Crippen molar-refractivity contribution < 1.29 is 0 Å². The molecule has 1 aliphatic heterocycles. The van der Waals surface area contributed by atoms with Crippen molar-refractivity contribution in [3.8, 4) is 0 Å². The standard InChI is InChI=1S/C13H18BrNS/c1-10-7-11(4-5-13(10)14)8-15-9-12-3-2-6-16-12/h4-5,7,12,15H,2-3,6,8-9H2,1H3. The Bertz CT molecular complexity index is 348. The molecule has 16 heavy (non-hydrogen) atoms. The van der Waals surface area contributed by atoms with Gasteiger partial charge in [0.15, 0.2) is 0 Å². The van der Waals surface area contributed by atoms with Crippen LogP contribution >= 0.6 is 27.7 Å². The largest absolute Gasteiger partial charge is 0.312 e. The number of aryl methyl sites for hydroxylation is 1. The van der Waals surface area contributed by atoms with Crippen molar-refractivity contribution in [1.82, 2.24) is 5.32 Å². The van der Waals surface area contributed by atoms with Gasteiger partial charge in [-0.05, 0) is 42.7 Å². The Morgan fingerprint density at radius 3 is 3.06 bits per heavy atom. The zero-order chi connectivity index (χ0) is 11.4. The summed E-state index contributed by atoms with van der Waals surface area (Å²) in [7, 11) is 0. The molecule has 1 aromatic rings. The number of rotatable bonds is 4. The summed E-state index contributed by atoms with van der Waals surface area (Å²) in [6.07, 6.45) is 2.78. The van der Waals surface area contributed by atoms with Gasteiger partial charge in [0.2, 0.25) is 0 Å². The molecular formula is C13H18BrNS. The van der Waals surface area contributed by atoms with Gasteiger partial charge in [-0.3, -0.25) is 0 Å². The van der Waals surface area contributed by atoms with Gasteiger partial charge in [0.05, 0.1) is 0 Å². The lowest BCUT2D eigenvalue weighted by Gasteiger charge is -2.10. The Kier molecular flexibility index (Phi) is 4.74. The van der Waals surface area contributed by atoms with Gasteiger partial charge in [-0.25, -0.2) is 0 Å². The first-order valence-electron chi connectivity index (χ1n) is 5.83. The van der Waals surface area contributed by atoms with Gasteiger partial charge in [-0.1, -0.05) is 28.1 Å². The second-order valence-electron chi connectivity index (χ2n) is 4.35. The van der Waals surface area contributed by atoms with Crippen LogP contribution in [0.15, 0.2) is 22.7 Å². The molecule has 1 fully saturated rings. The van der Waals surface area contributed by atoms with E-state index in [1.807, 2.05) is 0 Å². The molecule has 1 heterocycles. The molecule has 1 aliphatic rings. The van der Waals surface area contributed by atoms with Crippen LogP contribution in [0.2, 0.25) is 0 Å². The van der Waals surface area contributed by atoms with Crippen LogP contribution in [0.25, 0.3) is 0 Å². The van der Waals surface area contributed by atoms with E-state index >= 15 is 0 Å². The molecule has 0 bridgehead atoms. The van der Waals surface area contributed by atoms with E-state index in [2.05, 4.69) is 58.1 Å². The second-order valence-corrected chi connectivity index (χ2v) is 6.61. The molecule has 88 valence electrons. The molecule has 1 N–H and O–H groups in total. The maximum absolute atomic E-state index is 3.55. The van der Waals surface area contributed by atoms with Gasteiger partial charge in [0, 0.05) is 22.8 Å². The van der Waals surface area contributed by atoms with Crippen molar-refractivity contribution in [1.29, 1.82) is 0 Å². The van der Waals surface area contributed by atoms with E-state index < -0.39 is 0 Å². The van der Waals surface area contributed by atoms with Crippen molar-refractivity contribution >= 4 is 27.7 Å². The third kappa shape index (κ3) is 3.51. The Morgan fingerprint density at radius 2 is 2.38 bits per heavy atom. The molecule has 0 aromatic heterocycles. The minimum atomic E-state index is 0.844. The minimum absolute atomic E-state index is 0.844. The summed E-state index contributed by atoms with van der Waals surface area (Å²) < 4.78 is 1.20. The first-order valence-corrected chi connectivity index (χ1v) is 7.67. The Balaban J connectivity index is 1.78. The van der Waals surface area contributed by atoms with Crippen LogP contribution < -0.4 is 5.32 Å². The second kappa shape index (κ2) is 6.08. The monoisotopic (exact) mass is 299 g/mol. The van der Waals surface area contributed by atoms with Crippen LogP contribution in [0.1, 0.15) is 24.0 Å². The normalized spacial score (nSPS) is 20.2. The van der Waals surface area contributed by atoms with Crippen LogP contribution in [0.4, 0.5) is 0 Å². The molecular weight excluding hydrogens is 282 g/mol. The fourth-order valence-corrected chi connectivity index (χ4v) is 3.48. The zero-order valence-electron chi connectivity index (χ0n) is 9.63. The van der Waals surface area contributed by atoms with E-state index in [0.717, 1.165) is 18.3 Å². The van der Waals surface area contributed by atoms with Crippen LogP contribution in [0.5, 0.6) is 0 Å². The fourth-order valence-electron chi connectivity index (χ4n) is 2.00. The topological polar surface area (TPSA) is 12.0 Å². The lowest BCUT2D eigenvalue weighted by Crippen LogP contribution is -2.22. The summed E-state index contributed by atoms with van der Waals surface area (Å²) in [4.78, 5) is 0. The van der Waals surface area contributed by atoms with Gasteiger partial charge in [0.1, 0.15) is 0 Å². The van der Waals surface area contributed by atoms with Gasteiger partial charge >= 0.3 is 0 Å². The van der Waals surface area contributed by atoms with Crippen LogP contribution in [0, 0.1) is 6.92 Å². The number of thioether (sulfide) groups is 1. The number of nitrogens with one attached hydrogen (secondary N) is 1. The number of halogens is 1. The first-order chi connectivity index (χ1) is 7.75. The van der Waals surface area contributed by atoms with Crippen molar-refractivity contribution in [3.05, 3.63) is 33.8 Å². The molecule has 1 nitrogen and oxygen atoms in total. The van der Waals surface area contributed by atoms with E-state index in [1.165, 1.54) is 34.2 Å². The molecule has 0 radical (unpaired) electrons. The van der Waals surface area contributed by atoms with Crippen LogP contribution in [0.3, 0.4) is 0 Å². The van der Waals surface area contributed by atoms with Crippen LogP contribution in [-0.2, 0) is 6.54 Å². The van der Waals surface area contributed by atoms with Crippen molar-refractivity contribution in [2.75, 3.05) is 12.3 Å². The molecule has 1 unspecified atom stereocenters. The quantitative estimate of drug-likeness (QED) is 0.909. The molecule has 3 heteroatoms. The maximum Gasteiger partial charge on any atom is 0.0206 e. The average molecular weight is 300 g/mol. The molecule has 1 saturated heterocycles. The Hall–Kier alpha value is 0.01000. The van der Waals surface area contributed by atoms with Crippen LogP contribution in [-0.4, -0.2) is 17.5 Å².